The Bertz CT molecular complexity index is 386. The van der Waals surface area contributed by atoms with E-state index >= 15 is 0 Å². The average molecular weight is 253 g/mol. The topological polar surface area (TPSA) is 67.9 Å². The van der Waals surface area contributed by atoms with Gasteiger partial charge in [0.15, 0.2) is 0 Å². The van der Waals surface area contributed by atoms with Crippen molar-refractivity contribution >= 4 is 17.8 Å². The van der Waals surface area contributed by atoms with Crippen LogP contribution < -0.4 is 0 Å². The molecule has 0 saturated carbocycles. The summed E-state index contributed by atoms with van der Waals surface area (Å²) in [7, 11) is 0. The molecule has 5 nitrogen and oxygen atoms in total. The molecule has 0 unspecified atom stereocenters. The van der Waals surface area contributed by atoms with Crippen LogP contribution in [0.1, 0.15) is 20.8 Å². The molecule has 0 saturated heterocycles. The van der Waals surface area contributed by atoms with Crippen LogP contribution in [0.3, 0.4) is 0 Å². The number of aromatic nitrogens is 3. The zero-order chi connectivity index (χ0) is 12.7. The van der Waals surface area contributed by atoms with E-state index in [1.54, 1.807) is 23.7 Å². The number of nitrogens with one attached hydrogen (secondary N) is 1. The molecule has 2 aromatic heterocycles. The SMILES string of the molecule is CC(C)(C)OC=O.c1csc(-c2cn[nH]c2)n1. The second kappa shape index (κ2) is 6.15. The van der Waals surface area contributed by atoms with Gasteiger partial charge >= 0.3 is 0 Å². The Morgan fingerprint density at radius 2 is 2.24 bits per heavy atom. The molecule has 0 aliphatic carbocycles. The number of ether oxygens (including phenoxy) is 1. The Labute approximate surface area is 104 Å². The Morgan fingerprint density at radius 1 is 1.47 bits per heavy atom. The summed E-state index contributed by atoms with van der Waals surface area (Å²) in [5.41, 5.74) is 0.733. The van der Waals surface area contributed by atoms with Crippen molar-refractivity contribution in [2.24, 2.45) is 0 Å². The molecule has 0 fully saturated rings. The van der Waals surface area contributed by atoms with E-state index in [-0.39, 0.29) is 5.60 Å². The van der Waals surface area contributed by atoms with Crippen molar-refractivity contribution in [3.63, 3.8) is 0 Å². The highest BCUT2D eigenvalue weighted by Gasteiger charge is 2.07. The van der Waals surface area contributed by atoms with Crippen molar-refractivity contribution in [1.82, 2.24) is 15.2 Å². The molecular weight excluding hydrogens is 238 g/mol. The lowest BCUT2D eigenvalue weighted by atomic mass is 10.2. The number of rotatable bonds is 2. The van der Waals surface area contributed by atoms with Gasteiger partial charge in [-0.2, -0.15) is 5.10 Å². The molecule has 2 rings (SSSR count). The van der Waals surface area contributed by atoms with Crippen LogP contribution in [0.4, 0.5) is 0 Å². The molecule has 0 aromatic carbocycles. The number of carbonyl (C=O) groups is 1. The fourth-order valence-electron chi connectivity index (χ4n) is 0.878. The molecule has 0 atom stereocenters. The molecule has 0 bridgehead atoms. The number of H-pyrrole nitrogens is 1. The first-order chi connectivity index (χ1) is 8.03. The molecule has 0 spiro atoms. The lowest BCUT2D eigenvalue weighted by Gasteiger charge is -2.14. The van der Waals surface area contributed by atoms with Gasteiger partial charge < -0.3 is 4.74 Å². The molecule has 0 aliphatic heterocycles. The molecule has 2 aromatic rings. The molecule has 92 valence electrons. The molecule has 0 radical (unpaired) electrons. The highest BCUT2D eigenvalue weighted by molar-refractivity contribution is 7.13. The summed E-state index contributed by atoms with van der Waals surface area (Å²) in [4.78, 5) is 13.7. The molecule has 6 heteroatoms. The largest absolute Gasteiger partial charge is 0.462 e. The smallest absolute Gasteiger partial charge is 0.293 e. The maximum atomic E-state index is 9.60. The lowest BCUT2D eigenvalue weighted by molar-refractivity contribution is -0.138. The fourth-order valence-corrected chi connectivity index (χ4v) is 1.50. The monoisotopic (exact) mass is 253 g/mol. The van der Waals surface area contributed by atoms with Gasteiger partial charge in [0.1, 0.15) is 10.6 Å². The molecule has 1 N–H and O–H groups in total. The normalized spacial score (nSPS) is 10.3. The van der Waals surface area contributed by atoms with Gasteiger partial charge in [0, 0.05) is 23.3 Å². The van der Waals surface area contributed by atoms with Crippen LogP contribution in [0, 0.1) is 0 Å². The van der Waals surface area contributed by atoms with Gasteiger partial charge in [0.25, 0.3) is 6.47 Å². The summed E-state index contributed by atoms with van der Waals surface area (Å²) in [6.45, 7) is 5.92. The zero-order valence-electron chi connectivity index (χ0n) is 10.0. The summed E-state index contributed by atoms with van der Waals surface area (Å²) in [5, 5.41) is 9.51. The molecular formula is C11H15N3O2S. The third-order valence-corrected chi connectivity index (χ3v) is 2.40. The first kappa shape index (κ1) is 13.4. The van der Waals surface area contributed by atoms with Crippen LogP contribution in [0.2, 0.25) is 0 Å². The number of aromatic amines is 1. The maximum absolute atomic E-state index is 9.60. The third-order valence-electron chi connectivity index (χ3n) is 1.58. The van der Waals surface area contributed by atoms with E-state index in [0.717, 1.165) is 10.6 Å². The summed E-state index contributed by atoms with van der Waals surface area (Å²) in [6.07, 6.45) is 5.38. The van der Waals surface area contributed by atoms with Gasteiger partial charge in [-0.05, 0) is 20.8 Å². The van der Waals surface area contributed by atoms with Crippen molar-refractivity contribution < 1.29 is 9.53 Å². The van der Waals surface area contributed by atoms with Gasteiger partial charge in [-0.25, -0.2) is 4.98 Å². The standard InChI is InChI=1S/C6H5N3S.C5H10O2/c1-2-10-6(7-1)5-3-8-9-4-5;1-5(2,3)7-4-6/h1-4H,(H,8,9);4H,1-3H3. The highest BCUT2D eigenvalue weighted by atomic mass is 32.1. The Kier molecular flexibility index (Phi) is 4.84. The second-order valence-electron chi connectivity index (χ2n) is 4.15. The van der Waals surface area contributed by atoms with Crippen LogP contribution >= 0.6 is 11.3 Å². The number of hydrogen-bond donors (Lipinski definition) is 1. The Balaban J connectivity index is 0.000000185. The summed E-state index contributed by atoms with van der Waals surface area (Å²) >= 11 is 1.61. The van der Waals surface area contributed by atoms with Crippen molar-refractivity contribution in [1.29, 1.82) is 0 Å². The number of carbonyl (C=O) groups excluding carboxylic acids is 1. The molecule has 2 heterocycles. The number of thiazole rings is 1. The Morgan fingerprint density at radius 3 is 2.59 bits per heavy atom. The third kappa shape index (κ3) is 5.26. The first-order valence-corrected chi connectivity index (χ1v) is 5.91. The van der Waals surface area contributed by atoms with Crippen LogP contribution in [0.25, 0.3) is 10.6 Å². The Hall–Kier alpha value is -1.69. The van der Waals surface area contributed by atoms with E-state index in [4.69, 9.17) is 0 Å². The summed E-state index contributed by atoms with van der Waals surface area (Å²) in [6, 6.07) is 0. The number of nitrogens with zero attached hydrogens (tertiary/aromatic N) is 2. The van der Waals surface area contributed by atoms with Crippen molar-refractivity contribution in [2.45, 2.75) is 26.4 Å². The lowest BCUT2D eigenvalue weighted by Crippen LogP contribution is -2.17. The van der Waals surface area contributed by atoms with E-state index < -0.39 is 0 Å². The first-order valence-electron chi connectivity index (χ1n) is 5.03. The van der Waals surface area contributed by atoms with Gasteiger partial charge in [-0.15, -0.1) is 11.3 Å². The average Bonchev–Trinajstić information content (AvgIpc) is 2.90. The van der Waals surface area contributed by atoms with Gasteiger partial charge in [0.2, 0.25) is 0 Å². The minimum absolute atomic E-state index is 0.318. The van der Waals surface area contributed by atoms with Crippen molar-refractivity contribution in [2.75, 3.05) is 0 Å². The van der Waals surface area contributed by atoms with Gasteiger partial charge in [0.05, 0.1) is 6.20 Å². The summed E-state index contributed by atoms with van der Waals surface area (Å²) in [5.74, 6) is 0. The molecule has 0 amide bonds. The minimum Gasteiger partial charge on any atom is -0.462 e. The zero-order valence-corrected chi connectivity index (χ0v) is 10.8. The maximum Gasteiger partial charge on any atom is 0.293 e. The van der Waals surface area contributed by atoms with E-state index in [2.05, 4.69) is 19.9 Å². The van der Waals surface area contributed by atoms with Crippen LogP contribution in [-0.2, 0) is 9.53 Å². The van der Waals surface area contributed by atoms with Crippen LogP contribution in [0.5, 0.6) is 0 Å². The number of hydrogen-bond acceptors (Lipinski definition) is 5. The quantitative estimate of drug-likeness (QED) is 0.835. The van der Waals surface area contributed by atoms with E-state index in [9.17, 15) is 4.79 Å². The summed E-state index contributed by atoms with van der Waals surface area (Å²) < 4.78 is 4.55. The van der Waals surface area contributed by atoms with Crippen molar-refractivity contribution in [3.8, 4) is 10.6 Å². The highest BCUT2D eigenvalue weighted by Crippen LogP contribution is 2.18. The minimum atomic E-state index is -0.318. The van der Waals surface area contributed by atoms with E-state index in [0.29, 0.717) is 6.47 Å². The molecule has 0 aliphatic rings. The fraction of sp³-hybridized carbons (Fsp3) is 0.364. The second-order valence-corrected chi connectivity index (χ2v) is 5.05. The van der Waals surface area contributed by atoms with Crippen molar-refractivity contribution in [3.05, 3.63) is 24.0 Å². The van der Waals surface area contributed by atoms with Gasteiger partial charge in [-0.3, -0.25) is 9.89 Å². The van der Waals surface area contributed by atoms with E-state index in [1.165, 1.54) is 0 Å². The van der Waals surface area contributed by atoms with Gasteiger partial charge in [-0.1, -0.05) is 0 Å². The predicted molar refractivity (Wildman–Crippen MR) is 66.6 cm³/mol. The van der Waals surface area contributed by atoms with E-state index in [1.807, 2.05) is 32.3 Å². The molecule has 17 heavy (non-hydrogen) atoms. The van der Waals surface area contributed by atoms with Crippen LogP contribution in [0.15, 0.2) is 24.0 Å². The predicted octanol–water partition coefficient (Wildman–Crippen LogP) is 2.49. The van der Waals surface area contributed by atoms with Crippen LogP contribution in [-0.4, -0.2) is 27.3 Å².